The molecule has 5 aliphatic rings. The third kappa shape index (κ3) is 6.31. The Labute approximate surface area is 257 Å². The van der Waals surface area contributed by atoms with E-state index in [4.69, 9.17) is 23.9 Å². The molecule has 0 amide bonds. The van der Waals surface area contributed by atoms with Crippen molar-refractivity contribution in [3.05, 3.63) is 84.6 Å². The van der Waals surface area contributed by atoms with Crippen LogP contribution < -0.4 is 0 Å². The fourth-order valence-electron chi connectivity index (χ4n) is 8.07. The molecule has 1 aliphatic heterocycles. The van der Waals surface area contributed by atoms with Gasteiger partial charge in [-0.2, -0.15) is 0 Å². The molecule has 4 aliphatic carbocycles. The van der Waals surface area contributed by atoms with Gasteiger partial charge in [0, 0.05) is 6.04 Å². The van der Waals surface area contributed by atoms with Crippen LogP contribution >= 0.6 is 18.6 Å². The summed E-state index contributed by atoms with van der Waals surface area (Å²) in [5.41, 5.74) is 3.89. The minimum absolute atomic E-state index is 0. The van der Waals surface area contributed by atoms with Crippen molar-refractivity contribution in [2.75, 3.05) is 0 Å². The van der Waals surface area contributed by atoms with E-state index in [2.05, 4.69) is 134 Å². The number of fused-ring (bicyclic) bond motifs is 4. The van der Waals surface area contributed by atoms with E-state index >= 15 is 0 Å². The fourth-order valence-corrected chi connectivity index (χ4v) is 13.4. The van der Waals surface area contributed by atoms with Crippen molar-refractivity contribution >= 4 is 26.8 Å². The molecular weight excluding hydrogens is 571 g/mol. The topological polar surface area (TPSA) is 17.3 Å². The molecule has 6 atom stereocenters. The molecule has 39 heavy (non-hydrogen) atoms. The van der Waals surface area contributed by atoms with Gasteiger partial charge in [-0.15, -0.1) is 6.08 Å². The zero-order chi connectivity index (χ0) is 28.3. The van der Waals surface area contributed by atoms with E-state index in [0.717, 1.165) is 0 Å². The van der Waals surface area contributed by atoms with Crippen molar-refractivity contribution in [2.45, 2.75) is 91.8 Å². The Morgan fingerprint density at radius 3 is 1.67 bits per heavy atom. The van der Waals surface area contributed by atoms with E-state index in [9.17, 15) is 0 Å². The monoisotopic (exact) mass is 620 g/mol. The van der Waals surface area contributed by atoms with Crippen LogP contribution in [0.1, 0.15) is 55.4 Å². The first kappa shape index (κ1) is 33.4. The van der Waals surface area contributed by atoms with Crippen LogP contribution in [-0.4, -0.2) is 30.5 Å². The normalized spacial score (nSPS) is 34.6. The number of nitrogens with zero attached hydrogens (tertiary/aromatic N) is 2. The van der Waals surface area contributed by atoms with Gasteiger partial charge in [-0.05, 0) is 51.2 Å². The predicted octanol–water partition coefficient (Wildman–Crippen LogP) is 10.2. The number of hydrogen-bond acceptors (Lipinski definition) is 1. The number of allylic oxidation sites excluding steroid dienone is 10. The van der Waals surface area contributed by atoms with Crippen LogP contribution in [0.15, 0.2) is 71.9 Å². The summed E-state index contributed by atoms with van der Waals surface area (Å²) >= 11 is -0.556. The van der Waals surface area contributed by atoms with Crippen LogP contribution in [0.25, 0.3) is 5.32 Å². The van der Waals surface area contributed by atoms with Crippen molar-refractivity contribution in [2.24, 2.45) is 34.5 Å². The maximum absolute atomic E-state index is 5.34. The summed E-state index contributed by atoms with van der Waals surface area (Å²) in [6.45, 7) is 24.3. The van der Waals surface area contributed by atoms with Gasteiger partial charge in [0.2, 0.25) is 0 Å². The van der Waals surface area contributed by atoms with Crippen LogP contribution in [0.3, 0.4) is 0 Å². The maximum atomic E-state index is 5.34. The van der Waals surface area contributed by atoms with Crippen LogP contribution in [0.4, 0.5) is 0 Å². The quantitative estimate of drug-likeness (QED) is 0.222. The molecule has 0 aromatic rings. The van der Waals surface area contributed by atoms with Crippen molar-refractivity contribution in [3.8, 4) is 0 Å². The summed E-state index contributed by atoms with van der Waals surface area (Å²) in [5, 5.41) is 5.34. The molecule has 0 aromatic heterocycles. The van der Waals surface area contributed by atoms with E-state index in [0.29, 0.717) is 35.3 Å². The van der Waals surface area contributed by atoms with Gasteiger partial charge < -0.3 is 17.3 Å². The summed E-state index contributed by atoms with van der Waals surface area (Å²) in [7, 11) is 7.80. The summed E-state index contributed by atoms with van der Waals surface area (Å²) in [6.07, 6.45) is 24.7. The van der Waals surface area contributed by atoms with Crippen molar-refractivity contribution in [3.63, 3.8) is 0 Å². The molecule has 0 spiro atoms. The van der Waals surface area contributed by atoms with E-state index in [1.54, 1.807) is 0 Å². The Morgan fingerprint density at radius 2 is 1.23 bits per heavy atom. The van der Waals surface area contributed by atoms with Crippen molar-refractivity contribution < 1.29 is 17.0 Å². The molecule has 0 radical (unpaired) electrons. The molecule has 1 heterocycles. The Hall–Kier alpha value is -0.129. The van der Waals surface area contributed by atoms with Gasteiger partial charge in [-0.25, -0.2) is 0 Å². The molecule has 5 rings (SSSR count). The molecule has 1 saturated heterocycles. The number of halogens is 2. The summed E-state index contributed by atoms with van der Waals surface area (Å²) in [5.74, 6) is 2.36. The third-order valence-corrected chi connectivity index (χ3v) is 14.0. The van der Waals surface area contributed by atoms with E-state index in [1.165, 1.54) is 11.1 Å². The summed E-state index contributed by atoms with van der Waals surface area (Å²) < 4.78 is 2.90. The van der Waals surface area contributed by atoms with Crippen LogP contribution in [0.2, 0.25) is 18.6 Å². The molecule has 2 nitrogen and oxygen atoms in total. The summed E-state index contributed by atoms with van der Waals surface area (Å²) in [4.78, 5) is 0. The van der Waals surface area contributed by atoms with Gasteiger partial charge in [0.25, 0.3) is 0 Å². The van der Waals surface area contributed by atoms with Gasteiger partial charge in [0.1, 0.15) is 8.24 Å². The van der Waals surface area contributed by atoms with Crippen LogP contribution in [0, 0.1) is 41.9 Å². The first-order chi connectivity index (χ1) is 17.5. The number of hydrogen-bond donors (Lipinski definition) is 0. The molecule has 216 valence electrons. The molecule has 0 bridgehead atoms. The van der Waals surface area contributed by atoms with Gasteiger partial charge >= 0.3 is 35.6 Å². The van der Waals surface area contributed by atoms with Gasteiger partial charge in [0.15, 0.2) is 0 Å². The second-order valence-corrected chi connectivity index (χ2v) is 21.8. The summed E-state index contributed by atoms with van der Waals surface area (Å²) in [6, 6.07) is 0.679. The van der Waals surface area contributed by atoms with Gasteiger partial charge in [-0.3, -0.25) is 0 Å². The van der Waals surface area contributed by atoms with E-state index in [-0.39, 0.29) is 30.0 Å². The standard InChI is InChI=1S/C32H47N2Si.CH3.2ClH.Ti/c1-30(2,3)21-15-17-23-24-18-16-22(31(4,5)6)20-26(24)29(25(23)19-21)35(9,10)34-28-14-12-11-13-27(28)33-32(34,7)8;;;;/h11-20,23-29H,1-10H3;1H3;2*1H;/q2*-1;;;+2/p-2/t23?,24?,25?,26?,27?,28-,29?;;;;/m1..../s1. The van der Waals surface area contributed by atoms with E-state index in [1.807, 2.05) is 0 Å². The zero-order valence-electron chi connectivity index (χ0n) is 26.0. The average molecular weight is 622 g/mol. The zero-order valence-corrected chi connectivity index (χ0v) is 30.0. The third-order valence-electron chi connectivity index (χ3n) is 9.50. The first-order valence-corrected chi connectivity index (χ1v) is 21.5. The van der Waals surface area contributed by atoms with Crippen LogP contribution in [-0.2, 0) is 17.0 Å². The Bertz CT molecular complexity index is 1030. The molecule has 0 N–H and O–H groups in total. The molecule has 2 fully saturated rings. The Kier molecular flexibility index (Phi) is 10.2. The van der Waals surface area contributed by atoms with Crippen LogP contribution in [0.5, 0.6) is 0 Å². The molecule has 0 aromatic carbocycles. The molecule has 1 saturated carbocycles. The van der Waals surface area contributed by atoms with Gasteiger partial charge in [-0.1, -0.05) is 135 Å². The average Bonchev–Trinajstić information content (AvgIpc) is 3.28. The van der Waals surface area contributed by atoms with Gasteiger partial charge in [0.05, 0.1) is 0 Å². The fraction of sp³-hybridized carbons (Fsp3) is 0.606. The Morgan fingerprint density at radius 1 is 0.795 bits per heavy atom. The molecule has 5 unspecified atom stereocenters. The second-order valence-electron chi connectivity index (χ2n) is 14.8. The second kappa shape index (κ2) is 11.9. The minimum atomic E-state index is -1.98. The first-order valence-electron chi connectivity index (χ1n) is 14.2. The SMILES string of the molecule is CC(C)(C)C1=CC2C(C=C1)C1C=CC(C(C)(C)C)=CC1C2[Si](C)(C)N1[C@@H]2C=CC=CC2[N-]C1(C)C.[CH3-].[Cl][Ti][Cl]. The predicted molar refractivity (Wildman–Crippen MR) is 172 cm³/mol. The Balaban J connectivity index is 0.00000101. The van der Waals surface area contributed by atoms with E-state index < -0.39 is 25.3 Å². The van der Waals surface area contributed by atoms with Crippen molar-refractivity contribution in [1.29, 1.82) is 0 Å². The molecular formula is C33H50Cl2N2SiTi-2. The molecule has 6 heteroatoms. The van der Waals surface area contributed by atoms with Crippen molar-refractivity contribution in [1.82, 2.24) is 4.57 Å². The number of rotatable bonds is 2.